The van der Waals surface area contributed by atoms with Gasteiger partial charge in [-0.15, -0.1) is 0 Å². The molecule has 0 unspecified atom stereocenters. The van der Waals surface area contributed by atoms with Gasteiger partial charge in [-0.3, -0.25) is 0 Å². The van der Waals surface area contributed by atoms with Crippen molar-refractivity contribution in [3.8, 4) is 44.5 Å². The summed E-state index contributed by atoms with van der Waals surface area (Å²) in [6, 6.07) is 45.6. The van der Waals surface area contributed by atoms with E-state index >= 15 is 0 Å². The van der Waals surface area contributed by atoms with Crippen molar-refractivity contribution in [1.82, 2.24) is 5.32 Å². The Morgan fingerprint density at radius 1 is 0.500 bits per heavy atom. The molecular weight excluding hydrogens is 556 g/mol. The van der Waals surface area contributed by atoms with Crippen molar-refractivity contribution in [2.45, 2.75) is 40.5 Å². The molecule has 0 radical (unpaired) electrons. The van der Waals surface area contributed by atoms with Crippen LogP contribution in [0.3, 0.4) is 0 Å². The predicted octanol–water partition coefficient (Wildman–Crippen LogP) is 11.9. The Hall–Kier alpha value is -4.92. The van der Waals surface area contributed by atoms with Crippen molar-refractivity contribution in [2.75, 3.05) is 19.8 Å². The highest BCUT2D eigenvalue weighted by atomic mass is 14.7. The first-order valence-electron chi connectivity index (χ1n) is 16.6. The third kappa shape index (κ3) is 7.47. The molecule has 1 aliphatic rings. The number of nitrogen functional groups attached to an aromatic ring is 1. The Balaban J connectivity index is 0.000000639. The van der Waals surface area contributed by atoms with Gasteiger partial charge in [-0.1, -0.05) is 155 Å². The van der Waals surface area contributed by atoms with Gasteiger partial charge in [0.1, 0.15) is 0 Å². The second-order valence-corrected chi connectivity index (χ2v) is 10.8. The summed E-state index contributed by atoms with van der Waals surface area (Å²) in [4.78, 5) is 0. The van der Waals surface area contributed by atoms with E-state index in [1.807, 2.05) is 47.9 Å². The summed E-state index contributed by atoms with van der Waals surface area (Å²) < 4.78 is 0. The molecule has 1 aliphatic carbocycles. The fraction of sp³-hybridized carbons (Fsp3) is 0.182. The standard InChI is InChI=1S/C38H29N.C2H7N.2C2H6/c39-32-23-24-35-36(25-32)38(31-21-17-29(18-22-31)27-11-5-2-6-12-27)34-14-8-7-13-33(34)37(35)30-19-15-28(16-20-30)26-9-3-1-4-10-26;1-3-2;2*1-2/h1-7,9-13,15-25H,8,14,39H2;3H,1-2H3;2*1-2H3. The first-order chi connectivity index (χ1) is 22.7. The summed E-state index contributed by atoms with van der Waals surface area (Å²) in [6.07, 6.45) is 6.70. The maximum atomic E-state index is 6.41. The molecule has 46 heavy (non-hydrogen) atoms. The van der Waals surface area contributed by atoms with E-state index in [0.29, 0.717) is 0 Å². The lowest BCUT2D eigenvalue weighted by molar-refractivity contribution is 0.991. The summed E-state index contributed by atoms with van der Waals surface area (Å²) in [6.45, 7) is 8.00. The maximum absolute atomic E-state index is 6.41. The molecule has 0 amide bonds. The minimum absolute atomic E-state index is 0.793. The molecule has 2 nitrogen and oxygen atoms in total. The molecule has 0 aliphatic heterocycles. The van der Waals surface area contributed by atoms with E-state index in [1.54, 1.807) is 0 Å². The van der Waals surface area contributed by atoms with Crippen molar-refractivity contribution in [2.24, 2.45) is 0 Å². The van der Waals surface area contributed by atoms with Gasteiger partial charge in [0.2, 0.25) is 0 Å². The highest BCUT2D eigenvalue weighted by Gasteiger charge is 2.22. The fourth-order valence-electron chi connectivity index (χ4n) is 6.01. The highest BCUT2D eigenvalue weighted by Crippen LogP contribution is 2.45. The van der Waals surface area contributed by atoms with Crippen LogP contribution < -0.4 is 11.1 Å². The van der Waals surface area contributed by atoms with Gasteiger partial charge < -0.3 is 11.1 Å². The van der Waals surface area contributed by atoms with Crippen LogP contribution in [0.5, 0.6) is 0 Å². The Kier molecular flexibility index (Phi) is 12.5. The molecule has 0 saturated carbocycles. The number of hydrogen-bond acceptors (Lipinski definition) is 2. The fourth-order valence-corrected chi connectivity index (χ4v) is 6.01. The van der Waals surface area contributed by atoms with Crippen LogP contribution in [0.25, 0.3) is 61.4 Å². The van der Waals surface area contributed by atoms with Crippen LogP contribution in [-0.4, -0.2) is 14.1 Å². The summed E-state index contributed by atoms with van der Waals surface area (Å²) >= 11 is 0. The zero-order chi connectivity index (χ0) is 32.9. The first kappa shape index (κ1) is 34.0. The van der Waals surface area contributed by atoms with E-state index in [-0.39, 0.29) is 0 Å². The molecule has 0 fully saturated rings. The maximum Gasteiger partial charge on any atom is 0.0320 e. The van der Waals surface area contributed by atoms with Crippen molar-refractivity contribution in [3.05, 3.63) is 145 Å². The third-order valence-electron chi connectivity index (χ3n) is 7.89. The van der Waals surface area contributed by atoms with Crippen LogP contribution in [0.4, 0.5) is 5.69 Å². The van der Waals surface area contributed by atoms with Gasteiger partial charge in [-0.05, 0) is 105 Å². The second-order valence-electron chi connectivity index (χ2n) is 10.8. The van der Waals surface area contributed by atoms with E-state index in [9.17, 15) is 0 Å². The van der Waals surface area contributed by atoms with E-state index in [0.717, 1.165) is 18.5 Å². The Labute approximate surface area is 276 Å². The van der Waals surface area contributed by atoms with Gasteiger partial charge in [0.15, 0.2) is 0 Å². The summed E-state index contributed by atoms with van der Waals surface area (Å²) in [5.74, 6) is 0. The molecule has 0 spiro atoms. The van der Waals surface area contributed by atoms with Crippen molar-refractivity contribution < 1.29 is 0 Å². The van der Waals surface area contributed by atoms with E-state index in [1.165, 1.54) is 66.4 Å². The highest BCUT2D eigenvalue weighted by molar-refractivity contribution is 6.11. The smallest absolute Gasteiger partial charge is 0.0320 e. The minimum Gasteiger partial charge on any atom is -0.399 e. The van der Waals surface area contributed by atoms with Gasteiger partial charge in [-0.25, -0.2) is 0 Å². The van der Waals surface area contributed by atoms with E-state index < -0.39 is 0 Å². The second kappa shape index (κ2) is 17.0. The molecule has 0 atom stereocenters. The number of anilines is 1. The lowest BCUT2D eigenvalue weighted by atomic mass is 9.80. The largest absolute Gasteiger partial charge is 0.399 e. The lowest BCUT2D eigenvalue weighted by Crippen LogP contribution is -2.03. The Bertz CT molecular complexity index is 1830. The normalized spacial score (nSPS) is 11.2. The molecule has 0 heterocycles. The molecule has 6 aromatic carbocycles. The zero-order valence-electron chi connectivity index (χ0n) is 28.3. The first-order valence-corrected chi connectivity index (χ1v) is 16.6. The van der Waals surface area contributed by atoms with Crippen LogP contribution >= 0.6 is 0 Å². The van der Waals surface area contributed by atoms with Gasteiger partial charge >= 0.3 is 0 Å². The predicted molar refractivity (Wildman–Crippen MR) is 205 cm³/mol. The average Bonchev–Trinajstić information content (AvgIpc) is 3.13. The molecule has 0 saturated heterocycles. The number of nitrogens with one attached hydrogen (secondary N) is 1. The van der Waals surface area contributed by atoms with Gasteiger partial charge in [-0.2, -0.15) is 0 Å². The van der Waals surface area contributed by atoms with Crippen LogP contribution in [-0.2, 0) is 6.42 Å². The molecule has 0 bridgehead atoms. The molecule has 0 aromatic heterocycles. The number of fused-ring (bicyclic) bond motifs is 2. The molecule has 6 aromatic rings. The lowest BCUT2D eigenvalue weighted by Gasteiger charge is -2.24. The van der Waals surface area contributed by atoms with Crippen LogP contribution in [0, 0.1) is 0 Å². The van der Waals surface area contributed by atoms with Gasteiger partial charge in [0.25, 0.3) is 0 Å². The Morgan fingerprint density at radius 2 is 0.935 bits per heavy atom. The van der Waals surface area contributed by atoms with Gasteiger partial charge in [0, 0.05) is 5.69 Å². The average molecular weight is 605 g/mol. The van der Waals surface area contributed by atoms with Crippen molar-refractivity contribution in [1.29, 1.82) is 0 Å². The van der Waals surface area contributed by atoms with Crippen LogP contribution in [0.15, 0.2) is 133 Å². The molecule has 2 heteroatoms. The number of benzene rings is 6. The van der Waals surface area contributed by atoms with E-state index in [2.05, 4.69) is 139 Å². The topological polar surface area (TPSA) is 38.0 Å². The number of hydrogen-bond donors (Lipinski definition) is 2. The molecule has 3 N–H and O–H groups in total. The summed E-state index contributed by atoms with van der Waals surface area (Å²) in [5, 5.41) is 5.21. The monoisotopic (exact) mass is 604 g/mol. The summed E-state index contributed by atoms with van der Waals surface area (Å²) in [7, 11) is 3.75. The number of nitrogens with two attached hydrogens (primary N) is 1. The minimum atomic E-state index is 0.793. The van der Waals surface area contributed by atoms with Crippen molar-refractivity contribution in [3.63, 3.8) is 0 Å². The summed E-state index contributed by atoms with van der Waals surface area (Å²) in [5.41, 5.74) is 19.9. The van der Waals surface area contributed by atoms with Crippen LogP contribution in [0.1, 0.15) is 45.2 Å². The molecular formula is C44H48N2. The van der Waals surface area contributed by atoms with E-state index in [4.69, 9.17) is 5.73 Å². The van der Waals surface area contributed by atoms with Crippen LogP contribution in [0.2, 0.25) is 0 Å². The third-order valence-corrected chi connectivity index (χ3v) is 7.89. The van der Waals surface area contributed by atoms with Gasteiger partial charge in [0.05, 0.1) is 0 Å². The number of rotatable bonds is 4. The zero-order valence-corrected chi connectivity index (χ0v) is 28.3. The quantitative estimate of drug-likeness (QED) is 0.196. The Morgan fingerprint density at radius 3 is 1.43 bits per heavy atom. The molecule has 234 valence electrons. The number of allylic oxidation sites excluding steroid dienone is 1. The molecule has 7 rings (SSSR count). The van der Waals surface area contributed by atoms with Crippen molar-refractivity contribution >= 4 is 22.5 Å². The SMILES string of the molecule is CC.CC.CNC.Nc1ccc2c(-c3ccc(-c4ccccc4)cc3)c3c(c(-c4ccc(-c5ccccc5)cc4)c2c1)CCC=C3.